The second-order valence-corrected chi connectivity index (χ2v) is 24.7. The van der Waals surface area contributed by atoms with Crippen LogP contribution in [0.5, 0.6) is 0 Å². The van der Waals surface area contributed by atoms with Crippen molar-refractivity contribution in [2.24, 2.45) is 0 Å². The summed E-state index contributed by atoms with van der Waals surface area (Å²) in [7, 11) is 0. The van der Waals surface area contributed by atoms with Gasteiger partial charge in [-0.25, -0.2) is 0 Å². The van der Waals surface area contributed by atoms with E-state index in [-0.39, 0.29) is 28.5 Å². The van der Waals surface area contributed by atoms with Gasteiger partial charge in [-0.15, -0.1) is 22.7 Å². The lowest BCUT2D eigenvalue weighted by molar-refractivity contribution is 0.590. The fourth-order valence-corrected chi connectivity index (χ4v) is 14.3. The van der Waals surface area contributed by atoms with Crippen LogP contribution < -0.4 is 15.1 Å². The maximum Gasteiger partial charge on any atom is 0.343 e. The minimum Gasteiger partial charge on any atom is -0.376 e. The third kappa shape index (κ3) is 4.98. The van der Waals surface area contributed by atoms with Gasteiger partial charge in [-0.2, -0.15) is 0 Å². The van der Waals surface area contributed by atoms with E-state index in [0.717, 1.165) is 0 Å². The van der Waals surface area contributed by atoms with Gasteiger partial charge in [-0.1, -0.05) is 143 Å². The standard InChI is InChI=1S/C59H53BN2S2/c1-56(2,3)32-20-24-35(25-21-32)62-44-31-47-38(36-16-13-15-19-45(36)63-47)30-40(44)49-48-37-17-12-14-18-42(37)59(10,11)51(48)50-39-28-33(57(4,5)6)22-26-43(39)61-53-41-29-34(58(7,8)9)23-27-46(41)64-55(53)60(62)52(49)54(50)61/h12-31H,1-11H3. The molecule has 10 aromatic rings. The Balaban J connectivity index is 1.29. The Labute approximate surface area is 385 Å². The number of aromatic nitrogens is 1. The monoisotopic (exact) mass is 864 g/mol. The minimum atomic E-state index is -0.233. The van der Waals surface area contributed by atoms with Crippen LogP contribution in [0.2, 0.25) is 0 Å². The molecular weight excluding hydrogens is 812 g/mol. The Kier molecular flexibility index (Phi) is 7.51. The Morgan fingerprint density at radius 1 is 0.531 bits per heavy atom. The van der Waals surface area contributed by atoms with Gasteiger partial charge < -0.3 is 9.38 Å². The van der Waals surface area contributed by atoms with Crippen molar-refractivity contribution in [1.29, 1.82) is 0 Å². The summed E-state index contributed by atoms with van der Waals surface area (Å²) in [6.07, 6.45) is 0. The molecule has 0 atom stereocenters. The Morgan fingerprint density at radius 3 is 1.91 bits per heavy atom. The highest BCUT2D eigenvalue weighted by Crippen LogP contribution is 2.60. The molecule has 13 rings (SSSR count). The summed E-state index contributed by atoms with van der Waals surface area (Å²) in [6.45, 7) is 26.0. The van der Waals surface area contributed by atoms with Crippen molar-refractivity contribution in [2.75, 3.05) is 4.81 Å². The van der Waals surface area contributed by atoms with E-state index in [4.69, 9.17) is 0 Å². The SMILES string of the molecule is CC(C)(C)c1ccc(N2B3c4sc5ccc(C(C)(C)C)cc5c4-n4c5ccc(C(C)(C)C)cc5c5c6c(c(c3c54)-c3cc4c(cc32)sc2ccccc24)-c2ccccc2C6(C)C)cc1. The first-order chi connectivity index (χ1) is 30.4. The first kappa shape index (κ1) is 38.8. The average Bonchev–Trinajstić information content (AvgIpc) is 3.97. The van der Waals surface area contributed by atoms with Crippen molar-refractivity contribution in [3.05, 3.63) is 149 Å². The number of hydrogen-bond donors (Lipinski definition) is 0. The van der Waals surface area contributed by atoms with Gasteiger partial charge in [0.15, 0.2) is 0 Å². The predicted octanol–water partition coefficient (Wildman–Crippen LogP) is 15.8. The molecule has 0 spiro atoms. The van der Waals surface area contributed by atoms with Crippen molar-refractivity contribution in [1.82, 2.24) is 4.57 Å². The quantitative estimate of drug-likeness (QED) is 0.149. The summed E-state index contributed by atoms with van der Waals surface area (Å²) in [5.74, 6) is 0. The molecule has 0 unspecified atom stereocenters. The van der Waals surface area contributed by atoms with Crippen LogP contribution in [-0.2, 0) is 21.7 Å². The molecule has 2 aliphatic heterocycles. The van der Waals surface area contributed by atoms with E-state index in [0.29, 0.717) is 0 Å². The van der Waals surface area contributed by atoms with Gasteiger partial charge in [0, 0.05) is 68.2 Å². The molecule has 0 bridgehead atoms. The van der Waals surface area contributed by atoms with Gasteiger partial charge in [0.1, 0.15) is 0 Å². The lowest BCUT2D eigenvalue weighted by Gasteiger charge is -2.42. The van der Waals surface area contributed by atoms with Crippen molar-refractivity contribution in [2.45, 2.75) is 97.8 Å². The summed E-state index contributed by atoms with van der Waals surface area (Å²) in [6, 6.07) is 47.9. The summed E-state index contributed by atoms with van der Waals surface area (Å²) in [4.78, 5) is 2.76. The molecule has 2 nitrogen and oxygen atoms in total. The number of hydrogen-bond acceptors (Lipinski definition) is 3. The van der Waals surface area contributed by atoms with Crippen LogP contribution in [0.15, 0.2) is 121 Å². The highest BCUT2D eigenvalue weighted by molar-refractivity contribution is 7.32. The highest BCUT2D eigenvalue weighted by atomic mass is 32.1. The van der Waals surface area contributed by atoms with Crippen molar-refractivity contribution in [3.63, 3.8) is 0 Å². The maximum absolute atomic E-state index is 2.76. The van der Waals surface area contributed by atoms with E-state index in [2.05, 4.69) is 207 Å². The van der Waals surface area contributed by atoms with Crippen LogP contribution in [-0.4, -0.2) is 11.4 Å². The fraction of sp³-hybridized carbons (Fsp3) is 0.254. The molecule has 314 valence electrons. The molecule has 0 radical (unpaired) electrons. The number of rotatable bonds is 1. The van der Waals surface area contributed by atoms with Gasteiger partial charge >= 0.3 is 6.85 Å². The van der Waals surface area contributed by atoms with E-state index in [9.17, 15) is 0 Å². The lowest BCUT2D eigenvalue weighted by Crippen LogP contribution is -2.59. The van der Waals surface area contributed by atoms with E-state index >= 15 is 0 Å². The minimum absolute atomic E-state index is 0.00727. The van der Waals surface area contributed by atoms with Gasteiger partial charge in [0.05, 0.1) is 16.7 Å². The number of fused-ring (bicyclic) bond motifs is 18. The van der Waals surface area contributed by atoms with E-state index < -0.39 is 0 Å². The van der Waals surface area contributed by atoms with Crippen molar-refractivity contribution in [3.8, 4) is 27.9 Å². The van der Waals surface area contributed by atoms with E-state index in [1.54, 1.807) is 0 Å². The summed E-state index contributed by atoms with van der Waals surface area (Å²) >= 11 is 3.94. The van der Waals surface area contributed by atoms with Crippen LogP contribution in [0.3, 0.4) is 0 Å². The molecule has 64 heavy (non-hydrogen) atoms. The Hall–Kier alpha value is -5.62. The third-order valence-corrected chi connectivity index (χ3v) is 17.5. The fourth-order valence-electron chi connectivity index (χ4n) is 11.9. The zero-order valence-electron chi connectivity index (χ0n) is 38.8. The third-order valence-electron chi connectivity index (χ3n) is 15.2. The molecule has 0 saturated heterocycles. The lowest BCUT2D eigenvalue weighted by atomic mass is 9.46. The van der Waals surface area contributed by atoms with Crippen molar-refractivity contribution >= 4 is 103 Å². The second-order valence-electron chi connectivity index (χ2n) is 22.6. The van der Waals surface area contributed by atoms with Crippen LogP contribution in [0.25, 0.3) is 80.0 Å². The molecule has 3 aromatic heterocycles. The average molecular weight is 865 g/mol. The molecule has 0 amide bonds. The zero-order chi connectivity index (χ0) is 44.1. The Morgan fingerprint density at radius 2 is 1.17 bits per heavy atom. The number of thiophene rings is 2. The predicted molar refractivity (Wildman–Crippen MR) is 282 cm³/mol. The highest BCUT2D eigenvalue weighted by Gasteiger charge is 2.51. The summed E-state index contributed by atoms with van der Waals surface area (Å²) in [5.41, 5.74) is 20.4. The first-order valence-electron chi connectivity index (χ1n) is 23.1. The molecular formula is C59H53BN2S2. The zero-order valence-corrected chi connectivity index (χ0v) is 40.5. The topological polar surface area (TPSA) is 8.17 Å². The maximum atomic E-state index is 2.76. The molecule has 3 aliphatic rings. The number of benzene rings is 7. The van der Waals surface area contributed by atoms with Gasteiger partial charge in [-0.05, 0) is 121 Å². The van der Waals surface area contributed by atoms with Gasteiger partial charge in [0.25, 0.3) is 0 Å². The molecule has 0 N–H and O–H groups in total. The van der Waals surface area contributed by atoms with E-state index in [1.807, 2.05) is 22.7 Å². The van der Waals surface area contributed by atoms with Crippen molar-refractivity contribution < 1.29 is 0 Å². The first-order valence-corrected chi connectivity index (χ1v) is 24.8. The van der Waals surface area contributed by atoms with Crippen LogP contribution in [0.4, 0.5) is 11.4 Å². The molecule has 5 heterocycles. The Bertz CT molecular complexity index is 3700. The van der Waals surface area contributed by atoms with Gasteiger partial charge in [-0.3, -0.25) is 0 Å². The number of anilines is 2. The van der Waals surface area contributed by atoms with E-state index in [1.165, 1.54) is 129 Å². The van der Waals surface area contributed by atoms with Crippen LogP contribution in [0, 0.1) is 0 Å². The molecule has 0 saturated carbocycles. The number of nitrogens with zero attached hydrogens (tertiary/aromatic N) is 2. The van der Waals surface area contributed by atoms with Crippen LogP contribution in [0.1, 0.15) is 104 Å². The summed E-state index contributed by atoms with van der Waals surface area (Å²) < 4.78 is 8.19. The smallest absolute Gasteiger partial charge is 0.343 e. The molecule has 7 aromatic carbocycles. The molecule has 1 aliphatic carbocycles. The second kappa shape index (κ2) is 12.4. The largest absolute Gasteiger partial charge is 0.376 e. The van der Waals surface area contributed by atoms with Gasteiger partial charge in [0.2, 0.25) is 0 Å². The molecule has 0 fully saturated rings. The van der Waals surface area contributed by atoms with Crippen LogP contribution >= 0.6 is 22.7 Å². The summed E-state index contributed by atoms with van der Waals surface area (Å²) in [5, 5.41) is 6.83. The normalized spacial score (nSPS) is 15.2. The molecule has 5 heteroatoms.